The Morgan fingerprint density at radius 3 is 2.57 bits per heavy atom. The van der Waals surface area contributed by atoms with Gasteiger partial charge < -0.3 is 9.32 Å². The highest BCUT2D eigenvalue weighted by Crippen LogP contribution is 2.62. The van der Waals surface area contributed by atoms with Crippen molar-refractivity contribution in [3.63, 3.8) is 0 Å². The van der Waals surface area contributed by atoms with Crippen molar-refractivity contribution in [3.05, 3.63) is 23.7 Å². The first kappa shape index (κ1) is 14.6. The molecule has 2 unspecified atom stereocenters. The molecule has 1 amide bonds. The number of sulfonamides is 1. The van der Waals surface area contributed by atoms with Crippen LogP contribution in [0.15, 0.2) is 16.5 Å². The maximum absolute atomic E-state index is 12.3. The van der Waals surface area contributed by atoms with Gasteiger partial charge in [0.25, 0.3) is 5.91 Å². The lowest BCUT2D eigenvalue weighted by Gasteiger charge is -2.20. The van der Waals surface area contributed by atoms with Gasteiger partial charge in [-0.25, -0.2) is 13.1 Å². The Hall–Kier alpha value is -1.34. The monoisotopic (exact) mass is 312 g/mol. The molecule has 2 heterocycles. The fourth-order valence-corrected chi connectivity index (χ4v) is 3.65. The first-order valence-corrected chi connectivity index (χ1v) is 8.90. The van der Waals surface area contributed by atoms with E-state index in [1.165, 1.54) is 0 Å². The van der Waals surface area contributed by atoms with Crippen molar-refractivity contribution in [1.82, 2.24) is 9.62 Å². The summed E-state index contributed by atoms with van der Waals surface area (Å²) >= 11 is 0. The van der Waals surface area contributed by atoms with E-state index in [9.17, 15) is 13.2 Å². The Morgan fingerprint density at radius 2 is 2.00 bits per heavy atom. The van der Waals surface area contributed by atoms with Gasteiger partial charge in [0.2, 0.25) is 10.0 Å². The van der Waals surface area contributed by atoms with E-state index in [1.807, 2.05) is 4.90 Å². The lowest BCUT2D eigenvalue weighted by Crippen LogP contribution is -2.32. The molecule has 0 radical (unpaired) electrons. The number of rotatable bonds is 4. The molecular formula is C14H20N2O4S. The number of carbonyl (C=O) groups excluding carboxylic acids is 1. The van der Waals surface area contributed by atoms with Crippen molar-refractivity contribution in [1.29, 1.82) is 0 Å². The summed E-state index contributed by atoms with van der Waals surface area (Å²) in [7, 11) is -3.27. The first-order chi connectivity index (χ1) is 9.68. The fourth-order valence-electron chi connectivity index (χ4n) is 3.24. The van der Waals surface area contributed by atoms with Gasteiger partial charge in [-0.2, -0.15) is 0 Å². The molecule has 21 heavy (non-hydrogen) atoms. The Labute approximate surface area is 124 Å². The molecule has 3 rings (SSSR count). The summed E-state index contributed by atoms with van der Waals surface area (Å²) in [4.78, 5) is 14.2. The third kappa shape index (κ3) is 2.72. The smallest absolute Gasteiger partial charge is 0.289 e. The molecule has 1 aromatic rings. The van der Waals surface area contributed by atoms with E-state index in [2.05, 4.69) is 18.6 Å². The molecule has 1 saturated heterocycles. The maximum atomic E-state index is 12.3. The predicted molar refractivity (Wildman–Crippen MR) is 77.1 cm³/mol. The number of hydrogen-bond donors (Lipinski definition) is 1. The van der Waals surface area contributed by atoms with Gasteiger partial charge >= 0.3 is 0 Å². The minimum Gasteiger partial charge on any atom is -0.455 e. The topological polar surface area (TPSA) is 79.6 Å². The number of carbonyl (C=O) groups is 1. The third-order valence-electron chi connectivity index (χ3n) is 4.79. The minimum atomic E-state index is -3.27. The number of nitrogens with one attached hydrogen (secondary N) is 1. The molecule has 116 valence electrons. The lowest BCUT2D eigenvalue weighted by molar-refractivity contribution is 0.0724. The SMILES string of the molecule is CC1(C)C2CN(C(=O)c3ccc(CNS(C)(=O)=O)o3)CC21. The van der Waals surface area contributed by atoms with Crippen LogP contribution in [0.3, 0.4) is 0 Å². The van der Waals surface area contributed by atoms with Crippen LogP contribution in [0.2, 0.25) is 0 Å². The molecule has 1 N–H and O–H groups in total. The van der Waals surface area contributed by atoms with Crippen molar-refractivity contribution in [3.8, 4) is 0 Å². The molecule has 2 aliphatic rings. The van der Waals surface area contributed by atoms with Crippen LogP contribution in [-0.2, 0) is 16.6 Å². The molecule has 2 fully saturated rings. The van der Waals surface area contributed by atoms with Crippen LogP contribution in [0.4, 0.5) is 0 Å². The average Bonchev–Trinajstić information content (AvgIpc) is 2.89. The molecule has 0 aromatic carbocycles. The summed E-state index contributed by atoms with van der Waals surface area (Å²) < 4.78 is 29.8. The van der Waals surface area contributed by atoms with E-state index in [4.69, 9.17) is 4.42 Å². The van der Waals surface area contributed by atoms with Crippen molar-refractivity contribution >= 4 is 15.9 Å². The summed E-state index contributed by atoms with van der Waals surface area (Å²) in [5.74, 6) is 1.81. The Kier molecular flexibility index (Phi) is 3.18. The number of piperidine rings is 1. The van der Waals surface area contributed by atoms with Crippen LogP contribution in [0, 0.1) is 17.3 Å². The zero-order valence-electron chi connectivity index (χ0n) is 12.4. The number of likely N-dealkylation sites (tertiary alicyclic amines) is 1. The molecule has 1 aliphatic carbocycles. The van der Waals surface area contributed by atoms with E-state index in [0.29, 0.717) is 23.0 Å². The molecule has 7 heteroatoms. The van der Waals surface area contributed by atoms with Crippen molar-refractivity contribution in [2.45, 2.75) is 20.4 Å². The lowest BCUT2D eigenvalue weighted by atomic mass is 10.1. The van der Waals surface area contributed by atoms with Gasteiger partial charge in [-0.3, -0.25) is 4.79 Å². The fraction of sp³-hybridized carbons (Fsp3) is 0.643. The Morgan fingerprint density at radius 1 is 1.38 bits per heavy atom. The second-order valence-electron chi connectivity index (χ2n) is 6.60. The largest absolute Gasteiger partial charge is 0.455 e. The van der Waals surface area contributed by atoms with E-state index < -0.39 is 10.0 Å². The molecular weight excluding hydrogens is 292 g/mol. The number of hydrogen-bond acceptors (Lipinski definition) is 4. The van der Waals surface area contributed by atoms with Crippen LogP contribution in [-0.4, -0.2) is 38.6 Å². The van der Waals surface area contributed by atoms with Crippen LogP contribution >= 0.6 is 0 Å². The number of amides is 1. The molecule has 0 bridgehead atoms. The maximum Gasteiger partial charge on any atom is 0.289 e. The molecule has 1 aliphatic heterocycles. The van der Waals surface area contributed by atoms with Crippen molar-refractivity contribution in [2.24, 2.45) is 17.3 Å². The van der Waals surface area contributed by atoms with Crippen molar-refractivity contribution in [2.75, 3.05) is 19.3 Å². The number of fused-ring (bicyclic) bond motifs is 1. The summed E-state index contributed by atoms with van der Waals surface area (Å²) in [6.45, 7) is 6.12. The summed E-state index contributed by atoms with van der Waals surface area (Å²) in [6, 6.07) is 3.24. The van der Waals surface area contributed by atoms with Gasteiger partial charge in [-0.05, 0) is 29.4 Å². The van der Waals surface area contributed by atoms with Gasteiger partial charge in [0, 0.05) is 13.1 Å². The Bertz CT molecular complexity index is 663. The van der Waals surface area contributed by atoms with E-state index in [0.717, 1.165) is 19.3 Å². The molecule has 6 nitrogen and oxygen atoms in total. The van der Waals surface area contributed by atoms with Gasteiger partial charge in [0.1, 0.15) is 5.76 Å². The number of nitrogens with zero attached hydrogens (tertiary/aromatic N) is 1. The minimum absolute atomic E-state index is 0.0599. The van der Waals surface area contributed by atoms with E-state index in [-0.39, 0.29) is 18.2 Å². The van der Waals surface area contributed by atoms with Gasteiger partial charge in [-0.15, -0.1) is 0 Å². The van der Waals surface area contributed by atoms with Crippen molar-refractivity contribution < 1.29 is 17.6 Å². The normalized spacial score (nSPS) is 26.7. The second kappa shape index (κ2) is 4.58. The van der Waals surface area contributed by atoms with Crippen LogP contribution in [0.5, 0.6) is 0 Å². The Balaban J connectivity index is 1.61. The quantitative estimate of drug-likeness (QED) is 0.901. The molecule has 2 atom stereocenters. The summed E-state index contributed by atoms with van der Waals surface area (Å²) in [5, 5.41) is 0. The second-order valence-corrected chi connectivity index (χ2v) is 8.44. The molecule has 1 aromatic heterocycles. The van der Waals surface area contributed by atoms with Crippen LogP contribution < -0.4 is 4.72 Å². The highest BCUT2D eigenvalue weighted by molar-refractivity contribution is 7.88. The standard InChI is InChI=1S/C14H20N2O4S/c1-14(2)10-7-16(8-11(10)14)13(17)12-5-4-9(20-12)6-15-21(3,18)19/h4-5,10-11,15H,6-8H2,1-3H3. The highest BCUT2D eigenvalue weighted by Gasteiger charge is 2.62. The van der Waals surface area contributed by atoms with Gasteiger partial charge in [0.15, 0.2) is 5.76 Å². The van der Waals surface area contributed by atoms with E-state index >= 15 is 0 Å². The van der Waals surface area contributed by atoms with E-state index in [1.54, 1.807) is 12.1 Å². The number of furan rings is 1. The third-order valence-corrected chi connectivity index (χ3v) is 5.46. The van der Waals surface area contributed by atoms with Gasteiger partial charge in [0.05, 0.1) is 12.8 Å². The highest BCUT2D eigenvalue weighted by atomic mass is 32.2. The van der Waals surface area contributed by atoms with Crippen LogP contribution in [0.1, 0.15) is 30.2 Å². The summed E-state index contributed by atoms with van der Waals surface area (Å²) in [5.41, 5.74) is 0.366. The van der Waals surface area contributed by atoms with Crippen LogP contribution in [0.25, 0.3) is 0 Å². The average molecular weight is 312 g/mol. The first-order valence-electron chi connectivity index (χ1n) is 7.01. The van der Waals surface area contributed by atoms with Gasteiger partial charge in [-0.1, -0.05) is 13.8 Å². The molecule has 0 spiro atoms. The molecule has 1 saturated carbocycles. The zero-order valence-corrected chi connectivity index (χ0v) is 13.2. The zero-order chi connectivity index (χ0) is 15.4. The summed E-state index contributed by atoms with van der Waals surface area (Å²) in [6.07, 6.45) is 1.08. The predicted octanol–water partition coefficient (Wildman–Crippen LogP) is 1.06.